The third kappa shape index (κ3) is 5.71. The van der Waals surface area contributed by atoms with Gasteiger partial charge in [0.15, 0.2) is 0 Å². The first-order valence-corrected chi connectivity index (χ1v) is 5.97. The van der Waals surface area contributed by atoms with Crippen molar-refractivity contribution in [3.8, 4) is 0 Å². The summed E-state index contributed by atoms with van der Waals surface area (Å²) < 4.78 is 0. The summed E-state index contributed by atoms with van der Waals surface area (Å²) >= 11 is 0. The van der Waals surface area contributed by atoms with E-state index in [0.717, 1.165) is 6.42 Å². The van der Waals surface area contributed by atoms with E-state index < -0.39 is 0 Å². The summed E-state index contributed by atoms with van der Waals surface area (Å²) in [5.41, 5.74) is 6.01. The molecule has 0 aromatic rings. The quantitative estimate of drug-likeness (QED) is 0.756. The van der Waals surface area contributed by atoms with Gasteiger partial charge in [0.1, 0.15) is 0 Å². The number of halogens is 1. The Kier molecular flexibility index (Phi) is 6.34. The third-order valence-electron chi connectivity index (χ3n) is 3.36. The van der Waals surface area contributed by atoms with Crippen LogP contribution in [0.4, 0.5) is 0 Å². The molecule has 3 nitrogen and oxygen atoms in total. The first kappa shape index (κ1) is 15.7. The minimum Gasteiger partial charge on any atom is -0.355 e. The minimum atomic E-state index is 0. The van der Waals surface area contributed by atoms with E-state index in [0.29, 0.717) is 18.9 Å². The molecule has 0 spiro atoms. The van der Waals surface area contributed by atoms with Gasteiger partial charge >= 0.3 is 0 Å². The first-order chi connectivity index (χ1) is 6.94. The fraction of sp³-hybridized carbons (Fsp3) is 0.917. The number of hydrogen-bond acceptors (Lipinski definition) is 2. The molecule has 1 unspecified atom stereocenters. The third-order valence-corrected chi connectivity index (χ3v) is 3.36. The number of amides is 1. The molecule has 4 heteroatoms. The molecule has 0 aromatic heterocycles. The van der Waals surface area contributed by atoms with Crippen LogP contribution in [0, 0.1) is 11.3 Å². The number of hydrogen-bond donors (Lipinski definition) is 2. The molecule has 0 saturated heterocycles. The van der Waals surface area contributed by atoms with Crippen molar-refractivity contribution >= 4 is 18.3 Å². The zero-order valence-electron chi connectivity index (χ0n) is 10.6. The van der Waals surface area contributed by atoms with Gasteiger partial charge in [-0.1, -0.05) is 27.2 Å². The van der Waals surface area contributed by atoms with Gasteiger partial charge in [-0.2, -0.15) is 0 Å². The molecule has 1 aliphatic rings. The molecule has 0 aliphatic heterocycles. The van der Waals surface area contributed by atoms with E-state index in [1.807, 2.05) is 0 Å². The maximum atomic E-state index is 11.6. The topological polar surface area (TPSA) is 55.1 Å². The van der Waals surface area contributed by atoms with Gasteiger partial charge in [0.05, 0.1) is 0 Å². The molecule has 1 fully saturated rings. The Bertz CT molecular complexity index is 227. The lowest BCUT2D eigenvalue weighted by Crippen LogP contribution is -2.39. The number of nitrogens with one attached hydrogen (secondary N) is 1. The molecule has 0 heterocycles. The second-order valence-corrected chi connectivity index (χ2v) is 5.50. The van der Waals surface area contributed by atoms with Crippen molar-refractivity contribution < 1.29 is 4.79 Å². The SMILES string of the molecule is CCC(C)(C)CC(=O)NCC(N)C1CC1.Cl. The number of carbonyl (C=O) groups is 1. The zero-order chi connectivity index (χ0) is 11.5. The molecular formula is C12H25ClN2O. The lowest BCUT2D eigenvalue weighted by molar-refractivity contribution is -0.123. The molecule has 16 heavy (non-hydrogen) atoms. The lowest BCUT2D eigenvalue weighted by atomic mass is 9.86. The van der Waals surface area contributed by atoms with Crippen LogP contribution in [0.15, 0.2) is 0 Å². The summed E-state index contributed by atoms with van der Waals surface area (Å²) in [6.45, 7) is 6.99. The molecule has 96 valence electrons. The smallest absolute Gasteiger partial charge is 0.220 e. The van der Waals surface area contributed by atoms with Crippen LogP contribution >= 0.6 is 12.4 Å². The molecule has 0 radical (unpaired) electrons. The average molecular weight is 249 g/mol. The molecule has 1 atom stereocenters. The Morgan fingerprint density at radius 1 is 1.50 bits per heavy atom. The number of rotatable bonds is 6. The van der Waals surface area contributed by atoms with Crippen LogP contribution in [-0.2, 0) is 4.79 Å². The maximum absolute atomic E-state index is 11.6. The Balaban J connectivity index is 0.00000225. The number of carbonyl (C=O) groups excluding carboxylic acids is 1. The molecule has 1 rings (SSSR count). The second-order valence-electron chi connectivity index (χ2n) is 5.50. The molecule has 1 amide bonds. The molecular weight excluding hydrogens is 224 g/mol. The monoisotopic (exact) mass is 248 g/mol. The van der Waals surface area contributed by atoms with Crippen molar-refractivity contribution in [1.29, 1.82) is 0 Å². The highest BCUT2D eigenvalue weighted by atomic mass is 35.5. The minimum absolute atomic E-state index is 0. The standard InChI is InChI=1S/C12H24N2O.ClH/c1-4-12(2,3)7-11(15)14-8-10(13)9-5-6-9;/h9-10H,4-8,13H2,1-3H3,(H,14,15);1H. The first-order valence-electron chi connectivity index (χ1n) is 5.97. The van der Waals surface area contributed by atoms with E-state index in [-0.39, 0.29) is 29.8 Å². The van der Waals surface area contributed by atoms with Gasteiger partial charge in [-0.25, -0.2) is 0 Å². The van der Waals surface area contributed by atoms with Crippen LogP contribution in [-0.4, -0.2) is 18.5 Å². The Morgan fingerprint density at radius 2 is 2.06 bits per heavy atom. The lowest BCUT2D eigenvalue weighted by Gasteiger charge is -2.22. The largest absolute Gasteiger partial charge is 0.355 e. The fourth-order valence-corrected chi connectivity index (χ4v) is 1.54. The highest BCUT2D eigenvalue weighted by molar-refractivity contribution is 5.85. The van der Waals surface area contributed by atoms with Crippen LogP contribution in [0.2, 0.25) is 0 Å². The van der Waals surface area contributed by atoms with Gasteiger partial charge < -0.3 is 11.1 Å². The fourth-order valence-electron chi connectivity index (χ4n) is 1.54. The van der Waals surface area contributed by atoms with Crippen molar-refractivity contribution in [2.45, 2.75) is 52.5 Å². The van der Waals surface area contributed by atoms with E-state index >= 15 is 0 Å². The molecule has 1 aliphatic carbocycles. The van der Waals surface area contributed by atoms with Gasteiger partial charge in [-0.05, 0) is 24.2 Å². The number of nitrogens with two attached hydrogens (primary N) is 1. The maximum Gasteiger partial charge on any atom is 0.220 e. The molecule has 0 bridgehead atoms. The van der Waals surface area contributed by atoms with Crippen LogP contribution in [0.1, 0.15) is 46.5 Å². The van der Waals surface area contributed by atoms with Crippen molar-refractivity contribution in [2.24, 2.45) is 17.1 Å². The van der Waals surface area contributed by atoms with Crippen molar-refractivity contribution in [3.63, 3.8) is 0 Å². The van der Waals surface area contributed by atoms with Gasteiger partial charge in [-0.15, -0.1) is 12.4 Å². The van der Waals surface area contributed by atoms with E-state index in [1.165, 1.54) is 12.8 Å². The van der Waals surface area contributed by atoms with E-state index in [2.05, 4.69) is 26.1 Å². The summed E-state index contributed by atoms with van der Waals surface area (Å²) in [7, 11) is 0. The Labute approximate surface area is 105 Å². The Morgan fingerprint density at radius 3 is 2.50 bits per heavy atom. The van der Waals surface area contributed by atoms with E-state index in [4.69, 9.17) is 5.73 Å². The summed E-state index contributed by atoms with van der Waals surface area (Å²) in [5.74, 6) is 0.794. The van der Waals surface area contributed by atoms with Crippen LogP contribution < -0.4 is 11.1 Å². The van der Waals surface area contributed by atoms with Gasteiger partial charge in [-0.3, -0.25) is 4.79 Å². The van der Waals surface area contributed by atoms with Gasteiger partial charge in [0.2, 0.25) is 5.91 Å². The summed E-state index contributed by atoms with van der Waals surface area (Å²) in [4.78, 5) is 11.6. The molecule has 1 saturated carbocycles. The average Bonchev–Trinajstić information content (AvgIpc) is 2.96. The van der Waals surface area contributed by atoms with Crippen molar-refractivity contribution in [1.82, 2.24) is 5.32 Å². The van der Waals surface area contributed by atoms with E-state index in [9.17, 15) is 4.79 Å². The predicted octanol–water partition coefficient (Wildman–Crippen LogP) is 2.09. The summed E-state index contributed by atoms with van der Waals surface area (Å²) in [6.07, 6.45) is 4.09. The summed E-state index contributed by atoms with van der Waals surface area (Å²) in [5, 5.41) is 2.93. The van der Waals surface area contributed by atoms with Gasteiger partial charge in [0, 0.05) is 19.0 Å². The van der Waals surface area contributed by atoms with Crippen LogP contribution in [0.3, 0.4) is 0 Å². The van der Waals surface area contributed by atoms with Crippen molar-refractivity contribution in [3.05, 3.63) is 0 Å². The second kappa shape index (κ2) is 6.45. The van der Waals surface area contributed by atoms with Crippen LogP contribution in [0.5, 0.6) is 0 Å². The Hall–Kier alpha value is -0.280. The highest BCUT2D eigenvalue weighted by Gasteiger charge is 2.28. The molecule has 3 N–H and O–H groups in total. The van der Waals surface area contributed by atoms with Crippen molar-refractivity contribution in [2.75, 3.05) is 6.54 Å². The summed E-state index contributed by atoms with van der Waals surface area (Å²) in [6, 6.07) is 0.165. The highest BCUT2D eigenvalue weighted by Crippen LogP contribution is 2.31. The van der Waals surface area contributed by atoms with E-state index in [1.54, 1.807) is 0 Å². The predicted molar refractivity (Wildman–Crippen MR) is 69.6 cm³/mol. The normalized spacial score (nSPS) is 17.5. The van der Waals surface area contributed by atoms with Crippen LogP contribution in [0.25, 0.3) is 0 Å². The van der Waals surface area contributed by atoms with Gasteiger partial charge in [0.25, 0.3) is 0 Å². The zero-order valence-corrected chi connectivity index (χ0v) is 11.4. The molecule has 0 aromatic carbocycles.